The molecule has 10 heavy (non-hydrogen) atoms. The van der Waals surface area contributed by atoms with Gasteiger partial charge in [-0.15, -0.1) is 0 Å². The fourth-order valence-electron chi connectivity index (χ4n) is 0.864. The van der Waals surface area contributed by atoms with Crippen LogP contribution < -0.4 is 0 Å². The molecule has 0 N–H and O–H groups in total. The van der Waals surface area contributed by atoms with Crippen LogP contribution in [0.2, 0.25) is 9.26 Å². The topological polar surface area (TPSA) is 4.93 Å². The molecule has 0 amide bonds. The first kappa shape index (κ1) is 8.26. The second kappa shape index (κ2) is 3.52. The van der Waals surface area contributed by atoms with Gasteiger partial charge in [0.15, 0.2) is 0 Å². The van der Waals surface area contributed by atoms with Crippen LogP contribution in [0.4, 0.5) is 0 Å². The van der Waals surface area contributed by atoms with E-state index in [4.69, 9.17) is 0 Å². The summed E-state index contributed by atoms with van der Waals surface area (Å²) >= 11 is -1.06. The van der Waals surface area contributed by atoms with Gasteiger partial charge in [-0.3, -0.25) is 0 Å². The van der Waals surface area contributed by atoms with Gasteiger partial charge in [0.1, 0.15) is 0 Å². The SMILES string of the molecule is C[CH](n1cccc1)[Bi]([CH3])[CH3]. The Morgan fingerprint density at radius 1 is 1.20 bits per heavy atom. The number of nitrogens with zero attached hydrogens (tertiary/aromatic N) is 1. The fraction of sp³-hybridized carbons (Fsp3) is 0.500. The Morgan fingerprint density at radius 2 is 1.70 bits per heavy atom. The minimum absolute atomic E-state index is 0.824. The maximum atomic E-state index is 2.44. The summed E-state index contributed by atoms with van der Waals surface area (Å²) in [5.74, 6) is 0. The average molecular weight is 333 g/mol. The van der Waals surface area contributed by atoms with Crippen molar-refractivity contribution in [2.45, 2.75) is 19.9 Å². The summed E-state index contributed by atoms with van der Waals surface area (Å²) in [7, 11) is 0. The molecule has 0 radical (unpaired) electrons. The van der Waals surface area contributed by atoms with E-state index in [0.29, 0.717) is 0 Å². The third kappa shape index (κ3) is 1.82. The van der Waals surface area contributed by atoms with Crippen molar-refractivity contribution in [3.63, 3.8) is 0 Å². The Hall–Kier alpha value is 0.163. The summed E-state index contributed by atoms with van der Waals surface area (Å²) in [6.07, 6.45) is 4.33. The normalized spacial score (nSPS) is 14.0. The van der Waals surface area contributed by atoms with Crippen LogP contribution >= 0.6 is 0 Å². The van der Waals surface area contributed by atoms with E-state index in [-0.39, 0.29) is 0 Å². The zero-order chi connectivity index (χ0) is 7.56. The molecule has 1 aromatic heterocycles. The number of hydrogen-bond acceptors (Lipinski definition) is 0. The summed E-state index contributed by atoms with van der Waals surface area (Å²) in [5, 5.41) is 0. The van der Waals surface area contributed by atoms with E-state index in [9.17, 15) is 0 Å². The number of hydrogen-bond donors (Lipinski definition) is 0. The van der Waals surface area contributed by atoms with E-state index >= 15 is 0 Å². The Kier molecular flexibility index (Phi) is 2.91. The van der Waals surface area contributed by atoms with Crippen LogP contribution in [0.25, 0.3) is 0 Å². The van der Waals surface area contributed by atoms with Gasteiger partial charge in [-0.2, -0.15) is 0 Å². The third-order valence-electron chi connectivity index (χ3n) is 1.81. The van der Waals surface area contributed by atoms with Crippen molar-refractivity contribution < 1.29 is 0 Å². The molecular formula is C8H14BiN. The Balaban J connectivity index is 2.68. The van der Waals surface area contributed by atoms with Crippen LogP contribution in [0.3, 0.4) is 0 Å². The Morgan fingerprint density at radius 3 is 2.10 bits per heavy atom. The zero-order valence-corrected chi connectivity index (χ0v) is 10.3. The van der Waals surface area contributed by atoms with E-state index in [1.165, 1.54) is 0 Å². The van der Waals surface area contributed by atoms with Crippen molar-refractivity contribution in [3.05, 3.63) is 24.5 Å². The Bertz CT molecular complexity index is 179. The second-order valence-corrected chi connectivity index (χ2v) is 13.1. The van der Waals surface area contributed by atoms with Crippen LogP contribution in [-0.4, -0.2) is 26.3 Å². The fourth-order valence-corrected chi connectivity index (χ4v) is 3.54. The predicted molar refractivity (Wildman–Crippen MR) is 46.6 cm³/mol. The number of aromatic nitrogens is 1. The van der Waals surface area contributed by atoms with Gasteiger partial charge < -0.3 is 0 Å². The van der Waals surface area contributed by atoms with E-state index < -0.39 is 21.8 Å². The first-order valence-corrected chi connectivity index (χ1v) is 12.5. The van der Waals surface area contributed by atoms with Crippen LogP contribution in [0, 0.1) is 0 Å². The van der Waals surface area contributed by atoms with E-state index in [1.807, 2.05) is 0 Å². The van der Waals surface area contributed by atoms with E-state index in [0.717, 1.165) is 3.75 Å². The maximum absolute atomic E-state index is 2.44. The van der Waals surface area contributed by atoms with Crippen molar-refractivity contribution in [2.75, 3.05) is 0 Å². The molecule has 0 saturated heterocycles. The van der Waals surface area contributed by atoms with Crippen molar-refractivity contribution in [1.82, 2.24) is 4.57 Å². The van der Waals surface area contributed by atoms with Gasteiger partial charge in [-0.25, -0.2) is 0 Å². The Labute approximate surface area is 70.7 Å². The summed E-state index contributed by atoms with van der Waals surface area (Å²) in [4.78, 5) is 0. The van der Waals surface area contributed by atoms with Crippen LogP contribution in [0.1, 0.15) is 10.7 Å². The molecule has 0 spiro atoms. The first-order chi connectivity index (χ1) is 4.72. The monoisotopic (exact) mass is 333 g/mol. The van der Waals surface area contributed by atoms with Crippen LogP contribution in [0.15, 0.2) is 24.5 Å². The quantitative estimate of drug-likeness (QED) is 0.733. The summed E-state index contributed by atoms with van der Waals surface area (Å²) in [6.45, 7) is 2.33. The van der Waals surface area contributed by atoms with Crippen LogP contribution in [0.5, 0.6) is 0 Å². The molecule has 1 unspecified atom stereocenters. The molecule has 0 aliphatic heterocycles. The third-order valence-corrected chi connectivity index (χ3v) is 8.65. The number of rotatable bonds is 2. The summed E-state index contributed by atoms with van der Waals surface area (Å²) in [6, 6.07) is 4.20. The molecule has 1 atom stereocenters. The predicted octanol–water partition coefficient (Wildman–Crippen LogP) is 2.34. The van der Waals surface area contributed by atoms with Crippen molar-refractivity contribution >= 4 is 21.8 Å². The van der Waals surface area contributed by atoms with Gasteiger partial charge in [-0.1, -0.05) is 0 Å². The molecule has 0 saturated carbocycles. The van der Waals surface area contributed by atoms with Crippen LogP contribution in [-0.2, 0) is 0 Å². The molecule has 0 bridgehead atoms. The molecule has 0 fully saturated rings. The minimum atomic E-state index is -1.06. The molecule has 56 valence electrons. The van der Waals surface area contributed by atoms with E-state index in [1.54, 1.807) is 0 Å². The molecule has 1 nitrogen and oxygen atoms in total. The van der Waals surface area contributed by atoms with Gasteiger partial charge in [0.05, 0.1) is 0 Å². The molecule has 0 aliphatic rings. The van der Waals surface area contributed by atoms with Crippen molar-refractivity contribution in [2.24, 2.45) is 0 Å². The average Bonchev–Trinajstić information content (AvgIpc) is 2.36. The standard InChI is InChI=1S/C6H8N.2CH3.Bi/c1-2-7-5-3-4-6-7;;;/h2-6H,1H3;2*1H3;. The van der Waals surface area contributed by atoms with Gasteiger partial charge in [-0.05, 0) is 0 Å². The molecule has 1 aromatic rings. The van der Waals surface area contributed by atoms with Crippen molar-refractivity contribution in [3.8, 4) is 0 Å². The second-order valence-electron chi connectivity index (χ2n) is 2.73. The zero-order valence-electron chi connectivity index (χ0n) is 6.78. The van der Waals surface area contributed by atoms with Gasteiger partial charge in [0, 0.05) is 0 Å². The summed E-state index contributed by atoms with van der Waals surface area (Å²) in [5.41, 5.74) is 0. The van der Waals surface area contributed by atoms with E-state index in [2.05, 4.69) is 45.3 Å². The molecule has 0 aliphatic carbocycles. The molecule has 0 aromatic carbocycles. The van der Waals surface area contributed by atoms with Gasteiger partial charge in [0.25, 0.3) is 0 Å². The molecular weight excluding hydrogens is 319 g/mol. The molecule has 2 heteroatoms. The van der Waals surface area contributed by atoms with Gasteiger partial charge in [0.2, 0.25) is 0 Å². The summed E-state index contributed by atoms with van der Waals surface area (Å²) < 4.78 is 8.04. The molecule has 1 heterocycles. The first-order valence-electron chi connectivity index (χ1n) is 3.50. The van der Waals surface area contributed by atoms with Gasteiger partial charge >= 0.3 is 70.8 Å². The molecule has 1 rings (SSSR count). The van der Waals surface area contributed by atoms with Crippen molar-refractivity contribution in [1.29, 1.82) is 0 Å².